The summed E-state index contributed by atoms with van der Waals surface area (Å²) in [6.07, 6.45) is -1.86. The Labute approximate surface area is 158 Å². The van der Waals surface area contributed by atoms with E-state index in [4.69, 9.17) is 0 Å². The van der Waals surface area contributed by atoms with Crippen LogP contribution in [0.1, 0.15) is 44.7 Å². The van der Waals surface area contributed by atoms with E-state index >= 15 is 0 Å². The number of sulfone groups is 1. The SMILES string of the molecule is CN(CC[C@@]1(C)c2cc(S(C)(=O)=O)ccc2CCC1(C)C)C(=O)C(F)(F)F. The highest BCUT2D eigenvalue weighted by molar-refractivity contribution is 7.90. The number of alkyl halides is 3. The highest BCUT2D eigenvalue weighted by Crippen LogP contribution is 2.52. The van der Waals surface area contributed by atoms with Gasteiger partial charge in [-0.1, -0.05) is 26.8 Å². The second kappa shape index (κ2) is 6.79. The van der Waals surface area contributed by atoms with Crippen LogP contribution < -0.4 is 0 Å². The van der Waals surface area contributed by atoms with Crippen molar-refractivity contribution in [3.63, 3.8) is 0 Å². The lowest BCUT2D eigenvalue weighted by Gasteiger charge is -2.50. The van der Waals surface area contributed by atoms with Crippen molar-refractivity contribution < 1.29 is 26.4 Å². The number of carbonyl (C=O) groups excluding carboxylic acids is 1. The number of benzene rings is 1. The summed E-state index contributed by atoms with van der Waals surface area (Å²) in [6, 6.07) is 5.02. The maximum atomic E-state index is 12.7. The highest BCUT2D eigenvalue weighted by Gasteiger charge is 2.47. The second-order valence-corrected chi connectivity index (χ2v) is 10.3. The lowest BCUT2D eigenvalue weighted by Crippen LogP contribution is -2.47. The van der Waals surface area contributed by atoms with Crippen LogP contribution in [0.3, 0.4) is 0 Å². The molecule has 8 heteroatoms. The quantitative estimate of drug-likeness (QED) is 0.767. The molecule has 152 valence electrons. The fourth-order valence-corrected chi connectivity index (χ4v) is 4.43. The third-order valence-electron chi connectivity index (χ3n) is 6.15. The van der Waals surface area contributed by atoms with Crippen LogP contribution in [0.5, 0.6) is 0 Å². The third kappa shape index (κ3) is 4.15. The number of nitrogens with zero attached hydrogens (tertiary/aromatic N) is 1. The van der Waals surface area contributed by atoms with E-state index in [0.29, 0.717) is 11.3 Å². The number of hydrogen-bond acceptors (Lipinski definition) is 3. The number of rotatable bonds is 4. The molecule has 4 nitrogen and oxygen atoms in total. The van der Waals surface area contributed by atoms with E-state index in [1.807, 2.05) is 20.8 Å². The normalized spacial score (nSPS) is 22.2. The van der Waals surface area contributed by atoms with E-state index < -0.39 is 27.3 Å². The molecule has 0 heterocycles. The van der Waals surface area contributed by atoms with Gasteiger partial charge in [-0.05, 0) is 53.4 Å². The summed E-state index contributed by atoms with van der Waals surface area (Å²) in [6.45, 7) is 5.95. The number of carbonyl (C=O) groups is 1. The van der Waals surface area contributed by atoms with E-state index in [0.717, 1.165) is 37.3 Å². The molecule has 0 spiro atoms. The first-order valence-corrected chi connectivity index (χ1v) is 10.6. The van der Waals surface area contributed by atoms with Gasteiger partial charge in [0, 0.05) is 19.8 Å². The van der Waals surface area contributed by atoms with Crippen LogP contribution in [0.2, 0.25) is 0 Å². The fraction of sp³-hybridized carbons (Fsp3) is 0.632. The standard InChI is InChI=1S/C19H26F3NO3S/c1-17(2)9-8-13-6-7-14(27(5,25)26)12-15(13)18(17,3)10-11-23(4)16(24)19(20,21)22/h6-7,12H,8-11H2,1-5H3/t18-/m0/s1. The summed E-state index contributed by atoms with van der Waals surface area (Å²) in [5, 5.41) is 0. The van der Waals surface area contributed by atoms with E-state index in [-0.39, 0.29) is 16.9 Å². The number of aryl methyl sites for hydroxylation is 1. The Kier molecular flexibility index (Phi) is 5.47. The summed E-state index contributed by atoms with van der Waals surface area (Å²) >= 11 is 0. The summed E-state index contributed by atoms with van der Waals surface area (Å²) in [5.41, 5.74) is 1.02. The van der Waals surface area contributed by atoms with Crippen molar-refractivity contribution in [3.05, 3.63) is 29.3 Å². The van der Waals surface area contributed by atoms with Crippen molar-refractivity contribution in [2.45, 2.75) is 56.5 Å². The Morgan fingerprint density at radius 2 is 1.81 bits per heavy atom. The van der Waals surface area contributed by atoms with Gasteiger partial charge in [-0.2, -0.15) is 13.2 Å². The van der Waals surface area contributed by atoms with Gasteiger partial charge in [-0.25, -0.2) is 8.42 Å². The first-order chi connectivity index (χ1) is 12.1. The summed E-state index contributed by atoms with van der Waals surface area (Å²) in [4.78, 5) is 12.3. The molecule has 1 aromatic carbocycles. The third-order valence-corrected chi connectivity index (χ3v) is 7.26. The smallest absolute Gasteiger partial charge is 0.338 e. The number of hydrogen-bond donors (Lipinski definition) is 0. The van der Waals surface area contributed by atoms with Crippen LogP contribution in [0.4, 0.5) is 13.2 Å². The largest absolute Gasteiger partial charge is 0.471 e. The predicted molar refractivity (Wildman–Crippen MR) is 97.3 cm³/mol. The molecule has 1 aliphatic rings. The minimum absolute atomic E-state index is 0.0686. The molecule has 0 aromatic heterocycles. The topological polar surface area (TPSA) is 54.5 Å². The van der Waals surface area contributed by atoms with Crippen LogP contribution in [-0.4, -0.2) is 45.2 Å². The zero-order valence-corrected chi connectivity index (χ0v) is 17.1. The number of amides is 1. The maximum Gasteiger partial charge on any atom is 0.471 e. The van der Waals surface area contributed by atoms with E-state index in [9.17, 15) is 26.4 Å². The first-order valence-electron chi connectivity index (χ1n) is 8.75. The molecule has 1 atom stereocenters. The average Bonchev–Trinajstić information content (AvgIpc) is 2.54. The van der Waals surface area contributed by atoms with Crippen molar-refractivity contribution in [1.82, 2.24) is 4.90 Å². The van der Waals surface area contributed by atoms with Crippen molar-refractivity contribution in [2.24, 2.45) is 5.41 Å². The van der Waals surface area contributed by atoms with E-state index in [1.54, 1.807) is 18.2 Å². The molecule has 1 aromatic rings. The number of halogens is 3. The first kappa shape index (κ1) is 21.7. The Balaban J connectivity index is 2.43. The van der Waals surface area contributed by atoms with E-state index in [2.05, 4.69) is 0 Å². The van der Waals surface area contributed by atoms with Crippen LogP contribution in [-0.2, 0) is 26.5 Å². The van der Waals surface area contributed by atoms with Gasteiger partial charge in [0.25, 0.3) is 0 Å². The van der Waals surface area contributed by atoms with Crippen molar-refractivity contribution >= 4 is 15.7 Å². The van der Waals surface area contributed by atoms with Crippen molar-refractivity contribution in [1.29, 1.82) is 0 Å². The zero-order valence-electron chi connectivity index (χ0n) is 16.3. The van der Waals surface area contributed by atoms with Crippen LogP contribution in [0.15, 0.2) is 23.1 Å². The van der Waals surface area contributed by atoms with Crippen LogP contribution in [0.25, 0.3) is 0 Å². The molecule has 0 bridgehead atoms. The van der Waals surface area contributed by atoms with Crippen LogP contribution >= 0.6 is 0 Å². The Morgan fingerprint density at radius 1 is 1.22 bits per heavy atom. The minimum Gasteiger partial charge on any atom is -0.338 e. The predicted octanol–water partition coefficient (Wildman–Crippen LogP) is 3.73. The molecule has 2 rings (SSSR count). The van der Waals surface area contributed by atoms with Gasteiger partial charge in [0.2, 0.25) is 0 Å². The second-order valence-electron chi connectivity index (χ2n) is 8.28. The zero-order chi connectivity index (χ0) is 20.8. The molecule has 0 unspecified atom stereocenters. The van der Waals surface area contributed by atoms with Gasteiger partial charge >= 0.3 is 12.1 Å². The fourth-order valence-electron chi connectivity index (χ4n) is 3.79. The molecule has 0 N–H and O–H groups in total. The molecule has 0 saturated carbocycles. The Bertz CT molecular complexity index is 846. The Morgan fingerprint density at radius 3 is 2.33 bits per heavy atom. The Hall–Kier alpha value is -1.57. The molecule has 1 aliphatic carbocycles. The maximum absolute atomic E-state index is 12.7. The monoisotopic (exact) mass is 405 g/mol. The van der Waals surface area contributed by atoms with Crippen molar-refractivity contribution in [2.75, 3.05) is 19.8 Å². The van der Waals surface area contributed by atoms with Gasteiger partial charge in [-0.3, -0.25) is 4.79 Å². The molecule has 0 fully saturated rings. The summed E-state index contributed by atoms with van der Waals surface area (Å²) < 4.78 is 62.0. The highest BCUT2D eigenvalue weighted by atomic mass is 32.2. The summed E-state index contributed by atoms with van der Waals surface area (Å²) in [5.74, 6) is -1.87. The number of fused-ring (bicyclic) bond motifs is 1. The molecule has 27 heavy (non-hydrogen) atoms. The molecule has 0 saturated heterocycles. The summed E-state index contributed by atoms with van der Waals surface area (Å²) in [7, 11) is -2.26. The van der Waals surface area contributed by atoms with Gasteiger partial charge in [0.15, 0.2) is 9.84 Å². The van der Waals surface area contributed by atoms with Gasteiger partial charge in [0.1, 0.15) is 0 Å². The van der Waals surface area contributed by atoms with Gasteiger partial charge in [-0.15, -0.1) is 0 Å². The van der Waals surface area contributed by atoms with E-state index in [1.165, 1.54) is 0 Å². The minimum atomic E-state index is -4.90. The van der Waals surface area contributed by atoms with Gasteiger partial charge < -0.3 is 4.90 Å². The average molecular weight is 405 g/mol. The lowest BCUT2D eigenvalue weighted by atomic mass is 9.55. The van der Waals surface area contributed by atoms with Gasteiger partial charge in [0.05, 0.1) is 4.90 Å². The lowest BCUT2D eigenvalue weighted by molar-refractivity contribution is -0.184. The molecular weight excluding hydrogens is 379 g/mol. The molecular formula is C19H26F3NO3S. The van der Waals surface area contributed by atoms with Crippen LogP contribution in [0, 0.1) is 5.41 Å². The molecule has 1 amide bonds. The molecule has 0 radical (unpaired) electrons. The van der Waals surface area contributed by atoms with Crippen molar-refractivity contribution in [3.8, 4) is 0 Å². The molecule has 0 aliphatic heterocycles.